The maximum atomic E-state index is 12.9. The minimum atomic E-state index is -6.34. The Morgan fingerprint density at radius 1 is 1.14 bits per heavy atom. The van der Waals surface area contributed by atoms with Crippen LogP contribution in [0.5, 0.6) is 0 Å². The molecule has 0 radical (unpaired) electrons. The van der Waals surface area contributed by atoms with E-state index in [1.54, 1.807) is 0 Å². The van der Waals surface area contributed by atoms with Gasteiger partial charge in [0.2, 0.25) is 0 Å². The molecule has 0 aliphatic heterocycles. The molecule has 0 aromatic carbocycles. The Kier molecular flexibility index (Phi) is 6.15. The van der Waals surface area contributed by atoms with Crippen molar-refractivity contribution in [3.63, 3.8) is 0 Å². The number of sulfone groups is 1. The van der Waals surface area contributed by atoms with Crippen LogP contribution in [0, 0.1) is 0 Å². The number of carbonyl (C=O) groups excluding carboxylic acids is 1. The van der Waals surface area contributed by atoms with Gasteiger partial charge in [-0.2, -0.15) is 26.0 Å². The monoisotopic (exact) mass is 360 g/mol. The van der Waals surface area contributed by atoms with Gasteiger partial charge in [0.25, 0.3) is 0 Å². The van der Waals surface area contributed by atoms with Crippen molar-refractivity contribution in [2.24, 2.45) is 0 Å². The predicted molar refractivity (Wildman–Crippen MR) is 61.3 cm³/mol. The van der Waals surface area contributed by atoms with E-state index >= 15 is 0 Å². The Balaban J connectivity index is 4.50. The van der Waals surface area contributed by atoms with Crippen LogP contribution in [0.2, 0.25) is 0 Å². The predicted octanol–water partition coefficient (Wildman–Crippen LogP) is 0.470. The number of ether oxygens (including phenoxy) is 1. The Labute approximate surface area is 117 Å². The molecule has 0 saturated carbocycles. The average Bonchev–Trinajstić information content (AvgIpc) is 2.23. The van der Waals surface area contributed by atoms with Crippen LogP contribution in [0.1, 0.15) is 12.8 Å². The van der Waals surface area contributed by atoms with Gasteiger partial charge in [-0.05, 0) is 0 Å². The van der Waals surface area contributed by atoms with Crippen LogP contribution in [-0.2, 0) is 29.5 Å². The number of hydrogen-bond acceptors (Lipinski definition) is 6. The molecule has 0 saturated heterocycles. The molecule has 0 aromatic heterocycles. The molecule has 0 fully saturated rings. The van der Waals surface area contributed by atoms with Crippen LogP contribution in [0.3, 0.4) is 0 Å². The van der Waals surface area contributed by atoms with E-state index in [2.05, 4.69) is 4.74 Å². The number of esters is 1. The van der Waals surface area contributed by atoms with Crippen molar-refractivity contribution >= 4 is 25.9 Å². The van der Waals surface area contributed by atoms with Crippen LogP contribution >= 0.6 is 0 Å². The topological polar surface area (TPSA) is 115 Å². The molecule has 0 bridgehead atoms. The second-order valence-corrected chi connectivity index (χ2v) is 7.77. The summed E-state index contributed by atoms with van der Waals surface area (Å²) >= 11 is 0. The molecule has 1 N–H and O–H groups in total. The van der Waals surface area contributed by atoms with Gasteiger partial charge in [0.1, 0.15) is 9.84 Å². The summed E-state index contributed by atoms with van der Waals surface area (Å²) in [6.07, 6.45) is -1.73. The Hall–Kier alpha value is -0.950. The Morgan fingerprint density at radius 2 is 1.62 bits per heavy atom. The summed E-state index contributed by atoms with van der Waals surface area (Å²) in [5.74, 6) is -7.02. The van der Waals surface area contributed by atoms with Crippen molar-refractivity contribution in [3.8, 4) is 0 Å². The third-order valence-corrected chi connectivity index (χ3v) is 4.00. The highest BCUT2D eigenvalue weighted by atomic mass is 32.2. The molecule has 0 unspecified atom stereocenters. The number of carbonyl (C=O) groups is 1. The third kappa shape index (κ3) is 6.13. The summed E-state index contributed by atoms with van der Waals surface area (Å²) in [6.45, 7) is -1.28. The lowest BCUT2D eigenvalue weighted by atomic mass is 10.2. The standard InChI is InChI=1S/C8H12F4O7S2/c1-20(14,15)5-2-6(13)19-4-3-7(9,10)8(11,12)21(16,17)18/h2-5H2,1H3,(H,16,17,18). The minimum absolute atomic E-state index is 0.622. The van der Waals surface area contributed by atoms with Crippen molar-refractivity contribution in [1.29, 1.82) is 0 Å². The van der Waals surface area contributed by atoms with E-state index in [0.717, 1.165) is 6.26 Å². The smallest absolute Gasteiger partial charge is 0.431 e. The van der Waals surface area contributed by atoms with Crippen molar-refractivity contribution in [3.05, 3.63) is 0 Å². The van der Waals surface area contributed by atoms with Crippen LogP contribution in [0.15, 0.2) is 0 Å². The van der Waals surface area contributed by atoms with Gasteiger partial charge in [-0.3, -0.25) is 9.35 Å². The third-order valence-electron chi connectivity index (χ3n) is 2.11. The molecule has 0 spiro atoms. The van der Waals surface area contributed by atoms with Gasteiger partial charge in [-0.25, -0.2) is 8.42 Å². The molecular weight excluding hydrogens is 348 g/mol. The number of rotatable bonds is 8. The van der Waals surface area contributed by atoms with Crippen molar-refractivity contribution in [1.82, 2.24) is 0 Å². The Bertz CT molecular complexity index is 582. The summed E-state index contributed by atoms with van der Waals surface area (Å²) < 4.78 is 105. The fraction of sp³-hybridized carbons (Fsp3) is 0.875. The minimum Gasteiger partial charge on any atom is -0.465 e. The lowest BCUT2D eigenvalue weighted by Gasteiger charge is -2.23. The molecule has 0 heterocycles. The highest BCUT2D eigenvalue weighted by molar-refractivity contribution is 7.90. The summed E-state index contributed by atoms with van der Waals surface area (Å²) in [4.78, 5) is 10.9. The summed E-state index contributed by atoms with van der Waals surface area (Å²) in [5.41, 5.74) is 0. The normalized spacial score (nSPS) is 14.0. The first-order valence-corrected chi connectivity index (χ1v) is 8.66. The Morgan fingerprint density at radius 3 is 2.00 bits per heavy atom. The second kappa shape index (κ2) is 6.44. The summed E-state index contributed by atoms with van der Waals surface area (Å²) in [5, 5.41) is -5.74. The highest BCUT2D eigenvalue weighted by Gasteiger charge is 2.65. The maximum absolute atomic E-state index is 12.9. The molecule has 21 heavy (non-hydrogen) atoms. The number of hydrogen-bond donors (Lipinski definition) is 1. The average molecular weight is 360 g/mol. The zero-order chi connectivity index (χ0) is 17.1. The van der Waals surface area contributed by atoms with Crippen LogP contribution in [0.25, 0.3) is 0 Å². The van der Waals surface area contributed by atoms with Gasteiger partial charge < -0.3 is 4.74 Å². The van der Waals surface area contributed by atoms with Crippen molar-refractivity contribution in [2.75, 3.05) is 18.6 Å². The van der Waals surface area contributed by atoms with E-state index in [1.807, 2.05) is 0 Å². The van der Waals surface area contributed by atoms with Crippen LogP contribution < -0.4 is 0 Å². The molecule has 7 nitrogen and oxygen atoms in total. The molecular formula is C8H12F4O7S2. The largest absolute Gasteiger partial charge is 0.465 e. The molecule has 0 amide bonds. The number of halogens is 4. The molecule has 13 heteroatoms. The maximum Gasteiger partial charge on any atom is 0.431 e. The van der Waals surface area contributed by atoms with E-state index in [0.29, 0.717) is 0 Å². The van der Waals surface area contributed by atoms with E-state index in [1.165, 1.54) is 0 Å². The fourth-order valence-corrected chi connectivity index (χ4v) is 1.99. The zero-order valence-corrected chi connectivity index (χ0v) is 12.2. The van der Waals surface area contributed by atoms with Crippen molar-refractivity contribution in [2.45, 2.75) is 24.0 Å². The highest BCUT2D eigenvalue weighted by Crippen LogP contribution is 2.40. The van der Waals surface area contributed by atoms with Gasteiger partial charge in [0.15, 0.2) is 0 Å². The molecule has 0 aromatic rings. The molecule has 0 aliphatic rings. The van der Waals surface area contributed by atoms with Gasteiger partial charge in [0, 0.05) is 6.26 Å². The molecule has 0 rings (SSSR count). The van der Waals surface area contributed by atoms with Gasteiger partial charge in [0.05, 0.1) is 25.2 Å². The summed E-state index contributed by atoms with van der Waals surface area (Å²) in [7, 11) is -9.84. The van der Waals surface area contributed by atoms with Crippen LogP contribution in [0.4, 0.5) is 17.6 Å². The SMILES string of the molecule is CS(=O)(=O)CCC(=O)OCCC(F)(F)C(F)(F)S(=O)(=O)O. The van der Waals surface area contributed by atoms with Crippen molar-refractivity contribution < 1.29 is 48.5 Å². The first kappa shape index (κ1) is 20.1. The van der Waals surface area contributed by atoms with Crippen LogP contribution in [-0.4, -0.2) is 57.2 Å². The van der Waals surface area contributed by atoms with Gasteiger partial charge >= 0.3 is 27.3 Å². The van der Waals surface area contributed by atoms with Gasteiger partial charge in [-0.15, -0.1) is 0 Å². The van der Waals surface area contributed by atoms with E-state index in [9.17, 15) is 39.2 Å². The van der Waals surface area contributed by atoms with E-state index in [4.69, 9.17) is 4.55 Å². The second-order valence-electron chi connectivity index (χ2n) is 4.05. The zero-order valence-electron chi connectivity index (χ0n) is 10.6. The van der Waals surface area contributed by atoms with E-state index < -0.39 is 62.3 Å². The van der Waals surface area contributed by atoms with E-state index in [-0.39, 0.29) is 0 Å². The molecule has 0 atom stereocenters. The number of alkyl halides is 4. The quantitative estimate of drug-likeness (QED) is 0.380. The first-order valence-electron chi connectivity index (χ1n) is 5.16. The lowest BCUT2D eigenvalue weighted by molar-refractivity contribution is -0.174. The van der Waals surface area contributed by atoms with Gasteiger partial charge in [-0.1, -0.05) is 0 Å². The molecule has 126 valence electrons. The summed E-state index contributed by atoms with van der Waals surface area (Å²) in [6, 6.07) is 0. The first-order chi connectivity index (χ1) is 9.10. The lowest BCUT2D eigenvalue weighted by Crippen LogP contribution is -2.47. The fourth-order valence-electron chi connectivity index (χ4n) is 0.968. The molecule has 0 aliphatic carbocycles.